The normalized spacial score (nSPS) is 19.9. The van der Waals surface area contributed by atoms with E-state index in [4.69, 9.17) is 21.6 Å². The third-order valence-corrected chi connectivity index (χ3v) is 4.30. The van der Waals surface area contributed by atoms with Gasteiger partial charge in [0, 0.05) is 18.4 Å². The van der Waals surface area contributed by atoms with Crippen LogP contribution in [0.15, 0.2) is 30.7 Å². The molecule has 106 valence electrons. The van der Waals surface area contributed by atoms with Crippen LogP contribution in [0.2, 0.25) is 5.02 Å². The average Bonchev–Trinajstić information content (AvgIpc) is 3.09. The largest absolute Gasteiger partial charge is 0.465 e. The van der Waals surface area contributed by atoms with E-state index in [1.807, 2.05) is 16.8 Å². The molecule has 0 saturated carbocycles. The van der Waals surface area contributed by atoms with Gasteiger partial charge in [0.2, 0.25) is 11.9 Å². The molecule has 21 heavy (non-hydrogen) atoms. The Balaban J connectivity index is 2.24. The van der Waals surface area contributed by atoms with Crippen LogP contribution in [0.25, 0.3) is 0 Å². The lowest BCUT2D eigenvalue weighted by molar-refractivity contribution is -0.732. The monoisotopic (exact) mass is 302 g/mol. The van der Waals surface area contributed by atoms with Gasteiger partial charge in [0.05, 0.1) is 23.8 Å². The summed E-state index contributed by atoms with van der Waals surface area (Å²) in [6.07, 6.45) is 4.93. The molecule has 1 aromatic carbocycles. The van der Waals surface area contributed by atoms with Crippen molar-refractivity contribution in [2.24, 2.45) is 0 Å². The summed E-state index contributed by atoms with van der Waals surface area (Å²) in [7, 11) is 1.37. The number of nitriles is 1. The van der Waals surface area contributed by atoms with Gasteiger partial charge in [-0.15, -0.1) is 0 Å². The van der Waals surface area contributed by atoms with Crippen LogP contribution in [-0.4, -0.2) is 18.1 Å². The van der Waals surface area contributed by atoms with Crippen LogP contribution in [-0.2, 0) is 21.5 Å². The Kier molecular flexibility index (Phi) is 3.19. The quantitative estimate of drug-likeness (QED) is 0.678. The molecule has 6 heteroatoms. The second-order valence-corrected chi connectivity index (χ2v) is 5.37. The van der Waals surface area contributed by atoms with E-state index in [1.54, 1.807) is 24.5 Å². The van der Waals surface area contributed by atoms with Crippen molar-refractivity contribution in [3.05, 3.63) is 52.6 Å². The first-order valence-electron chi connectivity index (χ1n) is 6.50. The van der Waals surface area contributed by atoms with Crippen molar-refractivity contribution < 1.29 is 14.1 Å². The molecular formula is C15H13ClN3O2+. The number of methoxy groups -OCH3 is 1. The molecule has 1 N–H and O–H groups in total. The number of ether oxygens (including phenoxy) is 1. The molecule has 1 atom stereocenters. The van der Waals surface area contributed by atoms with Gasteiger partial charge in [-0.05, 0) is 12.1 Å². The molecule has 2 aromatic rings. The minimum atomic E-state index is -0.977. The Hall–Kier alpha value is -2.32. The molecule has 0 aliphatic carbocycles. The van der Waals surface area contributed by atoms with E-state index in [9.17, 15) is 4.79 Å². The molecule has 1 unspecified atom stereocenters. The first-order chi connectivity index (χ1) is 10.1. The van der Waals surface area contributed by atoms with Crippen molar-refractivity contribution in [3.63, 3.8) is 0 Å². The smallest absolute Gasteiger partial charge is 0.359 e. The van der Waals surface area contributed by atoms with E-state index < -0.39 is 5.54 Å². The number of fused-ring (bicyclic) bond motifs is 1. The van der Waals surface area contributed by atoms with Gasteiger partial charge in [-0.1, -0.05) is 17.7 Å². The van der Waals surface area contributed by atoms with E-state index >= 15 is 0 Å². The van der Waals surface area contributed by atoms with Crippen LogP contribution in [0.4, 0.5) is 0 Å². The van der Waals surface area contributed by atoms with E-state index in [2.05, 4.69) is 4.98 Å². The molecule has 1 aromatic heterocycles. The van der Waals surface area contributed by atoms with Gasteiger partial charge in [0.15, 0.2) is 0 Å². The van der Waals surface area contributed by atoms with Crippen LogP contribution in [0.1, 0.15) is 23.2 Å². The maximum atomic E-state index is 12.5. The Labute approximate surface area is 126 Å². The number of H-pyrrole nitrogens is 1. The summed E-state index contributed by atoms with van der Waals surface area (Å²) in [6.45, 7) is 0. The number of aromatic amines is 1. The number of hydrogen-bond donors (Lipinski definition) is 1. The number of hydrogen-bond acceptors (Lipinski definition) is 3. The highest BCUT2D eigenvalue weighted by Gasteiger charge is 2.54. The highest BCUT2D eigenvalue weighted by Crippen LogP contribution is 2.37. The van der Waals surface area contributed by atoms with Crippen LogP contribution >= 0.6 is 11.6 Å². The number of carbonyl (C=O) groups is 1. The van der Waals surface area contributed by atoms with Gasteiger partial charge in [0.1, 0.15) is 11.9 Å². The lowest BCUT2D eigenvalue weighted by atomic mass is 9.87. The number of imidazole rings is 1. The number of aromatic nitrogens is 2. The fraction of sp³-hybridized carbons (Fsp3) is 0.267. The summed E-state index contributed by atoms with van der Waals surface area (Å²) in [6, 6.07) is 7.01. The van der Waals surface area contributed by atoms with Crippen molar-refractivity contribution >= 4 is 17.6 Å². The maximum absolute atomic E-state index is 12.5. The fourth-order valence-corrected chi connectivity index (χ4v) is 3.34. The second-order valence-electron chi connectivity index (χ2n) is 4.96. The topological polar surface area (TPSA) is 69.8 Å². The molecule has 3 rings (SSSR count). The zero-order chi connectivity index (χ0) is 15.0. The SMILES string of the molecule is COC(=O)C1(c2ccc(C#N)cc2Cl)CCc2c[nH]c[n+]21. The minimum Gasteiger partial charge on any atom is -0.465 e. The molecule has 0 amide bonds. The number of carbonyl (C=O) groups excluding carboxylic acids is 1. The maximum Gasteiger partial charge on any atom is 0.359 e. The predicted octanol–water partition coefficient (Wildman–Crippen LogP) is 1.69. The lowest BCUT2D eigenvalue weighted by Gasteiger charge is -2.25. The van der Waals surface area contributed by atoms with Crippen molar-refractivity contribution in [2.45, 2.75) is 18.4 Å². The molecule has 0 bridgehead atoms. The molecule has 0 spiro atoms. The van der Waals surface area contributed by atoms with Gasteiger partial charge in [0.25, 0.3) is 0 Å². The van der Waals surface area contributed by atoms with Crippen molar-refractivity contribution in [1.82, 2.24) is 4.98 Å². The van der Waals surface area contributed by atoms with Gasteiger partial charge in [-0.3, -0.25) is 0 Å². The fourth-order valence-electron chi connectivity index (χ4n) is 3.00. The zero-order valence-corrected chi connectivity index (χ0v) is 12.1. The van der Waals surface area contributed by atoms with Crippen LogP contribution in [0, 0.1) is 11.3 Å². The van der Waals surface area contributed by atoms with Crippen molar-refractivity contribution in [1.29, 1.82) is 5.26 Å². The van der Waals surface area contributed by atoms with Crippen LogP contribution in [0.3, 0.4) is 0 Å². The second kappa shape index (κ2) is 4.90. The number of aryl methyl sites for hydroxylation is 1. The summed E-state index contributed by atoms with van der Waals surface area (Å²) in [5.74, 6) is -0.363. The summed E-state index contributed by atoms with van der Waals surface area (Å²) in [4.78, 5) is 15.5. The number of halogens is 1. The number of esters is 1. The molecule has 5 nitrogen and oxygen atoms in total. The van der Waals surface area contributed by atoms with Crippen LogP contribution < -0.4 is 4.57 Å². The summed E-state index contributed by atoms with van der Waals surface area (Å²) >= 11 is 6.33. The van der Waals surface area contributed by atoms with Gasteiger partial charge < -0.3 is 4.74 Å². The Morgan fingerprint density at radius 3 is 3.05 bits per heavy atom. The predicted molar refractivity (Wildman–Crippen MR) is 74.6 cm³/mol. The van der Waals surface area contributed by atoms with Gasteiger partial charge in [-0.25, -0.2) is 14.3 Å². The van der Waals surface area contributed by atoms with E-state index in [1.165, 1.54) is 7.11 Å². The summed E-state index contributed by atoms with van der Waals surface area (Å²) in [5, 5.41) is 9.34. The van der Waals surface area contributed by atoms with Crippen molar-refractivity contribution in [3.8, 4) is 6.07 Å². The van der Waals surface area contributed by atoms with E-state index in [-0.39, 0.29) is 5.97 Å². The molecule has 1 aliphatic rings. The number of rotatable bonds is 2. The van der Waals surface area contributed by atoms with Gasteiger partial charge >= 0.3 is 5.97 Å². The molecule has 1 aliphatic heterocycles. The Morgan fingerprint density at radius 2 is 2.38 bits per heavy atom. The van der Waals surface area contributed by atoms with E-state index in [0.29, 0.717) is 22.6 Å². The average molecular weight is 303 g/mol. The Morgan fingerprint density at radius 1 is 1.57 bits per heavy atom. The first kappa shape index (κ1) is 13.7. The molecule has 0 radical (unpaired) electrons. The third-order valence-electron chi connectivity index (χ3n) is 3.98. The molecule has 2 heterocycles. The zero-order valence-electron chi connectivity index (χ0n) is 11.4. The third kappa shape index (κ3) is 1.83. The lowest BCUT2D eigenvalue weighted by Crippen LogP contribution is -2.59. The van der Waals surface area contributed by atoms with Crippen molar-refractivity contribution in [2.75, 3.05) is 7.11 Å². The minimum absolute atomic E-state index is 0.363. The van der Waals surface area contributed by atoms with E-state index in [0.717, 1.165) is 12.1 Å². The first-order valence-corrected chi connectivity index (χ1v) is 6.87. The number of benzene rings is 1. The van der Waals surface area contributed by atoms with Gasteiger partial charge in [-0.2, -0.15) is 5.26 Å². The number of nitrogens with one attached hydrogen (secondary N) is 1. The summed E-state index contributed by atoms with van der Waals surface area (Å²) < 4.78 is 6.90. The summed E-state index contributed by atoms with van der Waals surface area (Å²) in [5.41, 5.74) is 1.15. The number of nitrogens with zero attached hydrogens (tertiary/aromatic N) is 2. The molecule has 0 fully saturated rings. The molecular weight excluding hydrogens is 290 g/mol. The van der Waals surface area contributed by atoms with Crippen LogP contribution in [0.5, 0.6) is 0 Å². The highest BCUT2D eigenvalue weighted by atomic mass is 35.5. The Bertz CT molecular complexity index is 763. The standard InChI is InChI=1S/C15H12ClN3O2/c1-21-14(20)15(5-4-11-8-18-9-19(11)15)12-3-2-10(7-17)6-13(12)16/h2-3,6,8-9H,4-5H2,1H3/p+1. The molecule has 0 saturated heterocycles. The highest BCUT2D eigenvalue weighted by molar-refractivity contribution is 6.31.